The Balaban J connectivity index is 2.16. The maximum atomic E-state index is 12.3. The van der Waals surface area contributed by atoms with E-state index < -0.39 is 0 Å². The molecule has 1 aliphatic heterocycles. The minimum absolute atomic E-state index is 0.0706. The Bertz CT molecular complexity index is 982. The van der Waals surface area contributed by atoms with Gasteiger partial charge < -0.3 is 9.88 Å². The highest BCUT2D eigenvalue weighted by Crippen LogP contribution is 2.35. The summed E-state index contributed by atoms with van der Waals surface area (Å²) >= 11 is 0. The van der Waals surface area contributed by atoms with Crippen molar-refractivity contribution >= 4 is 16.8 Å². The average molecular weight is 303 g/mol. The number of nitriles is 1. The molecular weight excluding hydrogens is 290 g/mol. The highest BCUT2D eigenvalue weighted by atomic mass is 16.2. The van der Waals surface area contributed by atoms with Crippen LogP contribution in [0, 0.1) is 18.3 Å². The number of carbonyl (C=O) groups is 1. The second kappa shape index (κ2) is 4.92. The largest absolute Gasteiger partial charge is 0.349 e. The highest BCUT2D eigenvalue weighted by Gasteiger charge is 2.25. The van der Waals surface area contributed by atoms with Crippen LogP contribution in [0.4, 0.5) is 0 Å². The molecule has 1 aromatic carbocycles. The van der Waals surface area contributed by atoms with E-state index in [1.54, 1.807) is 12.4 Å². The molecule has 1 N–H and O–H groups in total. The zero-order valence-corrected chi connectivity index (χ0v) is 12.5. The third-order valence-corrected chi connectivity index (χ3v) is 4.25. The molecule has 6 nitrogen and oxygen atoms in total. The maximum Gasteiger partial charge on any atom is 0.268 e. The zero-order chi connectivity index (χ0) is 16.0. The van der Waals surface area contributed by atoms with Crippen LogP contribution in [0.25, 0.3) is 22.0 Å². The Labute approximate surface area is 132 Å². The van der Waals surface area contributed by atoms with Crippen LogP contribution >= 0.6 is 0 Å². The molecule has 1 aliphatic rings. The van der Waals surface area contributed by atoms with Crippen molar-refractivity contribution in [2.24, 2.45) is 0 Å². The van der Waals surface area contributed by atoms with E-state index in [0.717, 1.165) is 27.6 Å². The van der Waals surface area contributed by atoms with Gasteiger partial charge in [-0.2, -0.15) is 5.26 Å². The van der Waals surface area contributed by atoms with Gasteiger partial charge in [0.25, 0.3) is 5.91 Å². The third-order valence-electron chi connectivity index (χ3n) is 4.25. The lowest BCUT2D eigenvalue weighted by molar-refractivity contribution is 0.0928. The molecule has 3 aromatic rings. The van der Waals surface area contributed by atoms with Crippen molar-refractivity contribution in [1.29, 1.82) is 5.26 Å². The molecule has 0 saturated heterocycles. The first-order chi connectivity index (χ1) is 11.2. The van der Waals surface area contributed by atoms with Crippen molar-refractivity contribution in [3.8, 4) is 17.2 Å². The Morgan fingerprint density at radius 1 is 1.30 bits per heavy atom. The minimum Gasteiger partial charge on any atom is -0.349 e. The van der Waals surface area contributed by atoms with E-state index in [2.05, 4.69) is 21.4 Å². The van der Waals surface area contributed by atoms with E-state index in [4.69, 9.17) is 0 Å². The number of rotatable bonds is 1. The van der Waals surface area contributed by atoms with Gasteiger partial charge in [-0.15, -0.1) is 0 Å². The molecular formula is C17H13N5O. The summed E-state index contributed by atoms with van der Waals surface area (Å²) in [5, 5.41) is 13.2. The van der Waals surface area contributed by atoms with Crippen LogP contribution in [0.3, 0.4) is 0 Å². The first-order valence-electron chi connectivity index (χ1n) is 7.31. The van der Waals surface area contributed by atoms with E-state index in [1.807, 2.05) is 23.6 Å². The number of aryl methyl sites for hydroxylation is 1. The molecule has 23 heavy (non-hydrogen) atoms. The third kappa shape index (κ3) is 1.90. The van der Waals surface area contributed by atoms with Crippen LogP contribution in [-0.4, -0.2) is 27.0 Å². The predicted molar refractivity (Wildman–Crippen MR) is 84.7 cm³/mol. The van der Waals surface area contributed by atoms with Gasteiger partial charge in [0.1, 0.15) is 12.0 Å². The van der Waals surface area contributed by atoms with Crippen LogP contribution in [0.5, 0.6) is 0 Å². The standard InChI is InChI=1S/C17H13N5O/c1-10-13-4-11(6-18)5-14(12-7-19-9-20-8-12)16(13)22-3-2-21-17(23)15(10)22/h4-5,7-9H,2-3H2,1H3,(H,21,23). The predicted octanol–water partition coefficient (Wildman–Crippen LogP) is 2.02. The number of carbonyl (C=O) groups excluding carboxylic acids is 1. The smallest absolute Gasteiger partial charge is 0.268 e. The molecule has 0 bridgehead atoms. The average Bonchev–Trinajstić information content (AvgIpc) is 2.89. The fourth-order valence-electron chi connectivity index (χ4n) is 3.26. The van der Waals surface area contributed by atoms with Crippen LogP contribution in [-0.2, 0) is 6.54 Å². The molecule has 6 heteroatoms. The quantitative estimate of drug-likeness (QED) is 0.745. The number of hydrogen-bond acceptors (Lipinski definition) is 4. The monoisotopic (exact) mass is 303 g/mol. The number of amides is 1. The molecule has 0 fully saturated rings. The summed E-state index contributed by atoms with van der Waals surface area (Å²) in [6.07, 6.45) is 4.92. The number of fused-ring (bicyclic) bond motifs is 3. The van der Waals surface area contributed by atoms with Crippen LogP contribution < -0.4 is 5.32 Å². The van der Waals surface area contributed by atoms with Gasteiger partial charge in [-0.25, -0.2) is 9.97 Å². The number of nitrogens with zero attached hydrogens (tertiary/aromatic N) is 4. The van der Waals surface area contributed by atoms with Crippen molar-refractivity contribution in [3.05, 3.63) is 47.7 Å². The summed E-state index contributed by atoms with van der Waals surface area (Å²) in [5.74, 6) is -0.0706. The first kappa shape index (κ1) is 13.5. The zero-order valence-electron chi connectivity index (χ0n) is 12.5. The molecule has 0 atom stereocenters. The fourth-order valence-corrected chi connectivity index (χ4v) is 3.26. The lowest BCUT2D eigenvalue weighted by Crippen LogP contribution is -2.35. The molecule has 1 amide bonds. The molecule has 0 aliphatic carbocycles. The van der Waals surface area contributed by atoms with Gasteiger partial charge in [0.05, 0.1) is 17.1 Å². The fraction of sp³-hybridized carbons (Fsp3) is 0.176. The lowest BCUT2D eigenvalue weighted by Gasteiger charge is -2.18. The molecule has 2 aromatic heterocycles. The molecule has 0 radical (unpaired) electrons. The van der Waals surface area contributed by atoms with Gasteiger partial charge in [-0.1, -0.05) is 0 Å². The van der Waals surface area contributed by atoms with Crippen molar-refractivity contribution in [1.82, 2.24) is 19.9 Å². The summed E-state index contributed by atoms with van der Waals surface area (Å²) in [4.78, 5) is 20.4. The number of nitrogens with one attached hydrogen (secondary N) is 1. The van der Waals surface area contributed by atoms with E-state index in [9.17, 15) is 10.1 Å². The van der Waals surface area contributed by atoms with Gasteiger partial charge in [0.15, 0.2) is 0 Å². The van der Waals surface area contributed by atoms with Gasteiger partial charge in [-0.3, -0.25) is 4.79 Å². The van der Waals surface area contributed by atoms with Gasteiger partial charge >= 0.3 is 0 Å². The SMILES string of the molecule is Cc1c2n(c3c(-c4cncnc4)cc(C#N)cc13)CCNC2=O. The second-order valence-corrected chi connectivity index (χ2v) is 5.54. The Morgan fingerprint density at radius 2 is 2.09 bits per heavy atom. The van der Waals surface area contributed by atoms with Crippen molar-refractivity contribution < 1.29 is 4.79 Å². The van der Waals surface area contributed by atoms with Crippen LogP contribution in [0.1, 0.15) is 21.6 Å². The van der Waals surface area contributed by atoms with Gasteiger partial charge in [0, 0.05) is 42.0 Å². The van der Waals surface area contributed by atoms with Gasteiger partial charge in [-0.05, 0) is 24.6 Å². The van der Waals surface area contributed by atoms with E-state index in [-0.39, 0.29) is 5.91 Å². The normalized spacial score (nSPS) is 13.5. The number of benzene rings is 1. The van der Waals surface area contributed by atoms with Crippen molar-refractivity contribution in [3.63, 3.8) is 0 Å². The topological polar surface area (TPSA) is 83.6 Å². The molecule has 0 saturated carbocycles. The van der Waals surface area contributed by atoms with Crippen molar-refractivity contribution in [2.45, 2.75) is 13.5 Å². The second-order valence-electron chi connectivity index (χ2n) is 5.54. The van der Waals surface area contributed by atoms with Crippen molar-refractivity contribution in [2.75, 3.05) is 6.54 Å². The Kier molecular flexibility index (Phi) is 2.88. The molecule has 0 unspecified atom stereocenters. The summed E-state index contributed by atoms with van der Waals surface area (Å²) in [5.41, 5.74) is 4.79. The van der Waals surface area contributed by atoms with Gasteiger partial charge in [0.2, 0.25) is 0 Å². The summed E-state index contributed by atoms with van der Waals surface area (Å²) < 4.78 is 2.03. The molecule has 0 spiro atoms. The van der Waals surface area contributed by atoms with E-state index in [0.29, 0.717) is 24.3 Å². The molecule has 4 rings (SSSR count). The summed E-state index contributed by atoms with van der Waals surface area (Å²) in [7, 11) is 0. The maximum absolute atomic E-state index is 12.3. The molecule has 112 valence electrons. The Hall–Kier alpha value is -3.20. The van der Waals surface area contributed by atoms with E-state index in [1.165, 1.54) is 6.33 Å². The summed E-state index contributed by atoms with van der Waals surface area (Å²) in [6.45, 7) is 3.23. The Morgan fingerprint density at radius 3 is 2.83 bits per heavy atom. The van der Waals surface area contributed by atoms with E-state index >= 15 is 0 Å². The first-order valence-corrected chi connectivity index (χ1v) is 7.31. The number of hydrogen-bond donors (Lipinski definition) is 1. The minimum atomic E-state index is -0.0706. The van der Waals surface area contributed by atoms with Crippen LogP contribution in [0.15, 0.2) is 30.9 Å². The highest BCUT2D eigenvalue weighted by molar-refractivity contribution is 6.06. The lowest BCUT2D eigenvalue weighted by atomic mass is 10.0. The van der Waals surface area contributed by atoms with Crippen LogP contribution in [0.2, 0.25) is 0 Å². The number of aromatic nitrogens is 3. The summed E-state index contributed by atoms with van der Waals surface area (Å²) in [6, 6.07) is 5.87. The molecule has 3 heterocycles.